The minimum absolute atomic E-state index is 0. The van der Waals surface area contributed by atoms with Gasteiger partial charge in [0.2, 0.25) is 0 Å². The number of halogens is 1. The van der Waals surface area contributed by atoms with Gasteiger partial charge in [-0.15, -0.1) is 24.0 Å². The summed E-state index contributed by atoms with van der Waals surface area (Å²) in [5.74, 6) is 0.811. The van der Waals surface area contributed by atoms with Gasteiger partial charge in [0.1, 0.15) is 0 Å². The third-order valence-electron chi connectivity index (χ3n) is 4.40. The van der Waals surface area contributed by atoms with E-state index in [0.29, 0.717) is 12.2 Å². The number of hydrogen-bond acceptors (Lipinski definition) is 3. The van der Waals surface area contributed by atoms with E-state index in [1.54, 1.807) is 19.2 Å². The lowest BCUT2D eigenvalue weighted by Gasteiger charge is -2.22. The maximum Gasteiger partial charge on any atom is 0.291 e. The molecule has 0 unspecified atom stereocenters. The number of guanidine groups is 1. The van der Waals surface area contributed by atoms with Crippen LogP contribution in [0.25, 0.3) is 0 Å². The Labute approximate surface area is 187 Å². The summed E-state index contributed by atoms with van der Waals surface area (Å²) in [6, 6.07) is 15.1. The molecule has 2 aromatic heterocycles. The number of furan rings is 1. The number of aromatic nitrogens is 1. The maximum absolute atomic E-state index is 12.1. The van der Waals surface area contributed by atoms with E-state index in [1.165, 1.54) is 12.0 Å². The van der Waals surface area contributed by atoms with Crippen LogP contribution in [0.15, 0.2) is 70.4 Å². The first-order chi connectivity index (χ1) is 13.6. The third-order valence-corrected chi connectivity index (χ3v) is 4.40. The quantitative estimate of drug-likeness (QED) is 0.303. The second-order valence-electron chi connectivity index (χ2n) is 6.50. The molecule has 0 saturated heterocycles. The van der Waals surface area contributed by atoms with E-state index in [9.17, 15) is 4.79 Å². The molecule has 8 heteroatoms. The normalized spacial score (nSPS) is 10.9. The lowest BCUT2D eigenvalue weighted by molar-refractivity contribution is 0.0996. The van der Waals surface area contributed by atoms with E-state index in [2.05, 4.69) is 31.2 Å². The number of aliphatic imine (C=N–C) groups is 1. The predicted molar refractivity (Wildman–Crippen MR) is 126 cm³/mol. The highest BCUT2D eigenvalue weighted by Gasteiger charge is 2.10. The van der Waals surface area contributed by atoms with Crippen LogP contribution in [0.3, 0.4) is 0 Å². The Balaban J connectivity index is 0.00000300. The smallest absolute Gasteiger partial charge is 0.291 e. The van der Waals surface area contributed by atoms with Crippen molar-refractivity contribution >= 4 is 41.5 Å². The second-order valence-corrected chi connectivity index (χ2v) is 6.50. The van der Waals surface area contributed by atoms with Crippen molar-refractivity contribution in [2.45, 2.75) is 13.1 Å². The molecule has 1 aromatic carbocycles. The van der Waals surface area contributed by atoms with Gasteiger partial charge in [0.25, 0.3) is 5.91 Å². The van der Waals surface area contributed by atoms with Crippen LogP contribution in [0.5, 0.6) is 0 Å². The zero-order chi connectivity index (χ0) is 19.9. The van der Waals surface area contributed by atoms with Gasteiger partial charge in [0, 0.05) is 45.3 Å². The van der Waals surface area contributed by atoms with Crippen molar-refractivity contribution in [3.05, 3.63) is 78.0 Å². The van der Waals surface area contributed by atoms with Gasteiger partial charge in [-0.2, -0.15) is 0 Å². The van der Waals surface area contributed by atoms with E-state index in [-0.39, 0.29) is 35.6 Å². The molecule has 154 valence electrons. The molecule has 0 fully saturated rings. The molecule has 2 N–H and O–H groups in total. The molecule has 0 aliphatic heterocycles. The first-order valence-electron chi connectivity index (χ1n) is 9.02. The Morgan fingerprint density at radius 2 is 2.03 bits per heavy atom. The molecule has 0 bridgehead atoms. The number of hydrogen-bond donors (Lipinski definition) is 2. The molecule has 0 spiro atoms. The molecular formula is C21H26IN5O2. The molecule has 7 nitrogen and oxygen atoms in total. The third kappa shape index (κ3) is 6.11. The summed E-state index contributed by atoms with van der Waals surface area (Å²) < 4.78 is 7.21. The van der Waals surface area contributed by atoms with Crippen molar-refractivity contribution in [2.24, 2.45) is 12.0 Å². The monoisotopic (exact) mass is 507 g/mol. The summed E-state index contributed by atoms with van der Waals surface area (Å²) in [4.78, 5) is 18.5. The van der Waals surface area contributed by atoms with Crippen LogP contribution < -0.4 is 10.6 Å². The molecule has 1 amide bonds. The van der Waals surface area contributed by atoms with Crippen LogP contribution in [-0.4, -0.2) is 35.4 Å². The number of carbonyl (C=O) groups is 1. The van der Waals surface area contributed by atoms with Crippen LogP contribution in [0, 0.1) is 0 Å². The van der Waals surface area contributed by atoms with Crippen molar-refractivity contribution in [3.63, 3.8) is 0 Å². The van der Waals surface area contributed by atoms with E-state index < -0.39 is 0 Å². The highest BCUT2D eigenvalue weighted by atomic mass is 127. The molecule has 0 aliphatic carbocycles. The maximum atomic E-state index is 12.1. The first-order valence-corrected chi connectivity index (χ1v) is 9.02. The standard InChI is InChI=1S/C21H25N5O2.HI/c1-22-21(26(3)15-18-9-5-11-25(18)2)23-14-16-7-4-8-17(13-16)24-20(27)19-10-6-12-28-19;/h4-13H,14-15H2,1-3H3,(H,22,23)(H,24,27);1H. The Morgan fingerprint density at radius 3 is 2.69 bits per heavy atom. The Bertz CT molecular complexity index is 950. The van der Waals surface area contributed by atoms with Gasteiger partial charge >= 0.3 is 0 Å². The molecular weight excluding hydrogens is 481 g/mol. The van der Waals surface area contributed by atoms with Crippen molar-refractivity contribution in [3.8, 4) is 0 Å². The molecule has 0 aliphatic rings. The summed E-state index contributed by atoms with van der Waals surface area (Å²) in [5.41, 5.74) is 2.95. The van der Waals surface area contributed by atoms with E-state index >= 15 is 0 Å². The Morgan fingerprint density at radius 1 is 1.21 bits per heavy atom. The van der Waals surface area contributed by atoms with Crippen molar-refractivity contribution in [2.75, 3.05) is 19.4 Å². The number of anilines is 1. The fraction of sp³-hybridized carbons (Fsp3) is 0.238. The summed E-state index contributed by atoms with van der Waals surface area (Å²) in [5, 5.41) is 6.20. The number of nitrogens with zero attached hydrogens (tertiary/aromatic N) is 3. The number of nitrogens with one attached hydrogen (secondary N) is 2. The van der Waals surface area contributed by atoms with Gasteiger partial charge in [0.15, 0.2) is 11.7 Å². The Kier molecular flexibility index (Phi) is 8.32. The number of carbonyl (C=O) groups excluding carboxylic acids is 1. The van der Waals surface area contributed by atoms with Crippen molar-refractivity contribution < 1.29 is 9.21 Å². The van der Waals surface area contributed by atoms with E-state index in [1.807, 2.05) is 50.6 Å². The topological polar surface area (TPSA) is 74.8 Å². The summed E-state index contributed by atoms with van der Waals surface area (Å²) >= 11 is 0. The zero-order valence-electron chi connectivity index (χ0n) is 16.8. The minimum atomic E-state index is -0.270. The van der Waals surface area contributed by atoms with Crippen LogP contribution in [0.2, 0.25) is 0 Å². The van der Waals surface area contributed by atoms with E-state index in [0.717, 1.165) is 18.1 Å². The SMILES string of the molecule is CN=C(NCc1cccc(NC(=O)c2ccco2)c1)N(C)Cc1cccn1C.I. The van der Waals surface area contributed by atoms with Gasteiger partial charge < -0.3 is 24.5 Å². The first kappa shape index (κ1) is 22.5. The number of benzene rings is 1. The summed E-state index contributed by atoms with van der Waals surface area (Å²) in [6.07, 6.45) is 3.51. The van der Waals surface area contributed by atoms with Crippen LogP contribution in [0.1, 0.15) is 21.8 Å². The summed E-state index contributed by atoms with van der Waals surface area (Å²) in [7, 11) is 5.80. The molecule has 0 saturated carbocycles. The van der Waals surface area contributed by atoms with Crippen molar-refractivity contribution in [1.82, 2.24) is 14.8 Å². The number of rotatable bonds is 6. The molecule has 0 atom stereocenters. The van der Waals surface area contributed by atoms with Crippen LogP contribution >= 0.6 is 24.0 Å². The summed E-state index contributed by atoms with van der Waals surface area (Å²) in [6.45, 7) is 1.34. The van der Waals surface area contributed by atoms with Crippen molar-refractivity contribution in [1.29, 1.82) is 0 Å². The van der Waals surface area contributed by atoms with Gasteiger partial charge in [0.05, 0.1) is 12.8 Å². The van der Waals surface area contributed by atoms with Gasteiger partial charge in [-0.1, -0.05) is 12.1 Å². The lowest BCUT2D eigenvalue weighted by Crippen LogP contribution is -2.38. The Hall–Kier alpha value is -2.75. The molecule has 29 heavy (non-hydrogen) atoms. The van der Waals surface area contributed by atoms with E-state index in [4.69, 9.17) is 4.42 Å². The average molecular weight is 507 g/mol. The molecule has 0 radical (unpaired) electrons. The second kappa shape index (κ2) is 10.7. The highest BCUT2D eigenvalue weighted by Crippen LogP contribution is 2.13. The van der Waals surface area contributed by atoms with Gasteiger partial charge in [-0.25, -0.2) is 0 Å². The fourth-order valence-corrected chi connectivity index (χ4v) is 2.90. The number of amides is 1. The predicted octanol–water partition coefficient (Wildman–Crippen LogP) is 3.70. The molecule has 3 rings (SSSR count). The minimum Gasteiger partial charge on any atom is -0.459 e. The van der Waals surface area contributed by atoms with Gasteiger partial charge in [-0.05, 0) is 42.0 Å². The fourth-order valence-electron chi connectivity index (χ4n) is 2.90. The zero-order valence-corrected chi connectivity index (χ0v) is 19.1. The largest absolute Gasteiger partial charge is 0.459 e. The van der Waals surface area contributed by atoms with Gasteiger partial charge in [-0.3, -0.25) is 9.79 Å². The average Bonchev–Trinajstić information content (AvgIpc) is 3.35. The van der Waals surface area contributed by atoms with Crippen LogP contribution in [0.4, 0.5) is 5.69 Å². The van der Waals surface area contributed by atoms with Crippen LogP contribution in [-0.2, 0) is 20.1 Å². The molecule has 3 aromatic rings. The number of aryl methyl sites for hydroxylation is 1. The highest BCUT2D eigenvalue weighted by molar-refractivity contribution is 14.0. The lowest BCUT2D eigenvalue weighted by atomic mass is 10.2. The molecule has 2 heterocycles.